The summed E-state index contributed by atoms with van der Waals surface area (Å²) in [6.07, 6.45) is 0.973. The number of nitrogens with one attached hydrogen (secondary N) is 4. The molecule has 1 saturated heterocycles. The molecule has 0 aromatic heterocycles. The van der Waals surface area contributed by atoms with Gasteiger partial charge in [-0.1, -0.05) is 13.8 Å². The van der Waals surface area contributed by atoms with Crippen LogP contribution in [0.25, 0.3) is 0 Å². The van der Waals surface area contributed by atoms with Gasteiger partial charge in [-0.25, -0.2) is 4.79 Å². The maximum Gasteiger partial charge on any atom is 0.326 e. The van der Waals surface area contributed by atoms with Crippen LogP contribution in [-0.2, 0) is 24.0 Å². The van der Waals surface area contributed by atoms with Crippen molar-refractivity contribution in [3.63, 3.8) is 0 Å². The van der Waals surface area contributed by atoms with Gasteiger partial charge in [0.15, 0.2) is 0 Å². The van der Waals surface area contributed by atoms with Crippen LogP contribution >= 0.6 is 0 Å². The fourth-order valence-corrected chi connectivity index (χ4v) is 2.72. The van der Waals surface area contributed by atoms with Crippen molar-refractivity contribution < 1.29 is 29.1 Å². The summed E-state index contributed by atoms with van der Waals surface area (Å²) in [5, 5.41) is 19.3. The van der Waals surface area contributed by atoms with Crippen molar-refractivity contribution in [1.29, 1.82) is 0 Å². The molecule has 0 bridgehead atoms. The Labute approximate surface area is 157 Å². The number of rotatable bonds is 3. The normalized spacial score (nSPS) is 25.6. The monoisotopic (exact) mass is 384 g/mol. The van der Waals surface area contributed by atoms with Crippen molar-refractivity contribution >= 4 is 29.6 Å². The van der Waals surface area contributed by atoms with Gasteiger partial charge in [-0.15, -0.1) is 0 Å². The lowest BCUT2D eigenvalue weighted by Crippen LogP contribution is -2.58. The summed E-state index contributed by atoms with van der Waals surface area (Å²) in [5.74, 6) is -3.69. The molecular weight excluding hydrogens is 356 g/mol. The molecule has 5 N–H and O–H groups in total. The van der Waals surface area contributed by atoms with E-state index in [2.05, 4.69) is 21.3 Å². The Bertz CT molecular complexity index is 592. The van der Waals surface area contributed by atoms with E-state index in [0.717, 1.165) is 0 Å². The highest BCUT2D eigenvalue weighted by Crippen LogP contribution is 2.08. The first-order valence-electron chi connectivity index (χ1n) is 8.99. The third-order valence-electron chi connectivity index (χ3n) is 4.19. The van der Waals surface area contributed by atoms with Gasteiger partial charge in [-0.3, -0.25) is 19.2 Å². The van der Waals surface area contributed by atoms with E-state index in [0.29, 0.717) is 19.4 Å². The zero-order valence-corrected chi connectivity index (χ0v) is 15.8. The fraction of sp³-hybridized carbons (Fsp3) is 0.706. The summed E-state index contributed by atoms with van der Waals surface area (Å²) in [6, 6.07) is -3.21. The molecule has 27 heavy (non-hydrogen) atoms. The molecule has 1 aliphatic rings. The predicted molar refractivity (Wildman–Crippen MR) is 95.4 cm³/mol. The number of carboxylic acids is 1. The van der Waals surface area contributed by atoms with Crippen molar-refractivity contribution in [2.45, 2.75) is 64.6 Å². The average molecular weight is 384 g/mol. The summed E-state index contributed by atoms with van der Waals surface area (Å²) in [5.41, 5.74) is 0. The molecule has 0 aromatic rings. The highest BCUT2D eigenvalue weighted by Gasteiger charge is 2.32. The van der Waals surface area contributed by atoms with E-state index >= 15 is 0 Å². The van der Waals surface area contributed by atoms with Crippen LogP contribution < -0.4 is 21.3 Å². The highest BCUT2D eigenvalue weighted by molar-refractivity contribution is 5.95. The first kappa shape index (κ1) is 22.4. The summed E-state index contributed by atoms with van der Waals surface area (Å²) >= 11 is 0. The summed E-state index contributed by atoms with van der Waals surface area (Å²) < 4.78 is 0. The Kier molecular flexibility index (Phi) is 8.70. The minimum absolute atomic E-state index is 0.213. The SMILES string of the molecule is CC(=O)N[C@H]1CC(=O)NCCCC[C@@H](C(=O)O)NC(=O)[C@H](C(C)C)NC1=O. The molecule has 10 nitrogen and oxygen atoms in total. The van der Waals surface area contributed by atoms with Gasteiger partial charge in [0.2, 0.25) is 23.6 Å². The van der Waals surface area contributed by atoms with E-state index in [4.69, 9.17) is 0 Å². The second-order valence-corrected chi connectivity index (χ2v) is 6.93. The van der Waals surface area contributed by atoms with Crippen LogP contribution in [0, 0.1) is 5.92 Å². The molecule has 0 spiro atoms. The Hall–Kier alpha value is -2.65. The number of aliphatic carboxylic acids is 1. The Morgan fingerprint density at radius 2 is 1.78 bits per heavy atom. The quantitative estimate of drug-likeness (QED) is 0.416. The van der Waals surface area contributed by atoms with Crippen LogP contribution in [-0.4, -0.2) is 59.4 Å². The van der Waals surface area contributed by atoms with Gasteiger partial charge >= 0.3 is 5.97 Å². The first-order valence-corrected chi connectivity index (χ1v) is 8.99. The van der Waals surface area contributed by atoms with Crippen molar-refractivity contribution in [2.75, 3.05) is 6.54 Å². The van der Waals surface area contributed by atoms with E-state index in [-0.39, 0.29) is 18.8 Å². The van der Waals surface area contributed by atoms with Crippen LogP contribution in [0.4, 0.5) is 0 Å². The van der Waals surface area contributed by atoms with Crippen LogP contribution in [0.1, 0.15) is 46.5 Å². The second-order valence-electron chi connectivity index (χ2n) is 6.93. The molecule has 4 amide bonds. The zero-order valence-electron chi connectivity index (χ0n) is 15.8. The first-order chi connectivity index (χ1) is 12.6. The lowest BCUT2D eigenvalue weighted by molar-refractivity contribution is -0.143. The maximum atomic E-state index is 12.5. The molecule has 1 fully saturated rings. The number of carbonyl (C=O) groups is 5. The second kappa shape index (κ2) is 10.5. The molecule has 0 saturated carbocycles. The van der Waals surface area contributed by atoms with Crippen LogP contribution in [0.15, 0.2) is 0 Å². The summed E-state index contributed by atoms with van der Waals surface area (Å²) in [4.78, 5) is 59.8. The minimum atomic E-state index is -1.16. The molecule has 1 aliphatic heterocycles. The van der Waals surface area contributed by atoms with Gasteiger partial charge in [0.05, 0.1) is 6.42 Å². The summed E-state index contributed by atoms with van der Waals surface area (Å²) in [7, 11) is 0. The Morgan fingerprint density at radius 1 is 1.11 bits per heavy atom. The van der Waals surface area contributed by atoms with Gasteiger partial charge in [-0.2, -0.15) is 0 Å². The van der Waals surface area contributed by atoms with Crippen molar-refractivity contribution in [3.05, 3.63) is 0 Å². The molecule has 152 valence electrons. The van der Waals surface area contributed by atoms with Crippen molar-refractivity contribution in [2.24, 2.45) is 5.92 Å². The van der Waals surface area contributed by atoms with Gasteiger partial charge in [0.1, 0.15) is 18.1 Å². The lowest BCUT2D eigenvalue weighted by Gasteiger charge is -2.26. The Morgan fingerprint density at radius 3 is 2.33 bits per heavy atom. The van der Waals surface area contributed by atoms with E-state index in [1.54, 1.807) is 13.8 Å². The van der Waals surface area contributed by atoms with Crippen LogP contribution in [0.2, 0.25) is 0 Å². The number of amides is 4. The van der Waals surface area contributed by atoms with E-state index in [9.17, 15) is 29.1 Å². The van der Waals surface area contributed by atoms with E-state index < -0.39 is 47.7 Å². The van der Waals surface area contributed by atoms with Crippen molar-refractivity contribution in [1.82, 2.24) is 21.3 Å². The maximum absolute atomic E-state index is 12.5. The molecule has 1 rings (SSSR count). The number of hydrogen-bond donors (Lipinski definition) is 5. The zero-order chi connectivity index (χ0) is 20.6. The number of carboxylic acid groups (broad SMARTS) is 1. The molecule has 0 unspecified atom stereocenters. The molecule has 3 atom stereocenters. The summed E-state index contributed by atoms with van der Waals surface area (Å²) in [6.45, 7) is 4.93. The van der Waals surface area contributed by atoms with Gasteiger partial charge in [-0.05, 0) is 25.2 Å². The van der Waals surface area contributed by atoms with Gasteiger partial charge in [0.25, 0.3) is 0 Å². The highest BCUT2D eigenvalue weighted by atomic mass is 16.4. The smallest absolute Gasteiger partial charge is 0.326 e. The molecule has 0 aromatic carbocycles. The molecular formula is C17H28N4O6. The van der Waals surface area contributed by atoms with Crippen LogP contribution in [0.5, 0.6) is 0 Å². The van der Waals surface area contributed by atoms with E-state index in [1.807, 2.05) is 0 Å². The molecule has 0 aliphatic carbocycles. The number of carbonyl (C=O) groups excluding carboxylic acids is 4. The van der Waals surface area contributed by atoms with E-state index in [1.165, 1.54) is 6.92 Å². The largest absolute Gasteiger partial charge is 0.480 e. The van der Waals surface area contributed by atoms with Gasteiger partial charge in [0, 0.05) is 13.5 Å². The average Bonchev–Trinajstić information content (AvgIpc) is 2.55. The Balaban J connectivity index is 3.07. The minimum Gasteiger partial charge on any atom is -0.480 e. The predicted octanol–water partition coefficient (Wildman–Crippen LogP) is -1.11. The van der Waals surface area contributed by atoms with Gasteiger partial charge < -0.3 is 26.4 Å². The van der Waals surface area contributed by atoms with Crippen molar-refractivity contribution in [3.8, 4) is 0 Å². The third kappa shape index (κ3) is 7.63. The fourth-order valence-electron chi connectivity index (χ4n) is 2.72. The molecule has 1 heterocycles. The standard InChI is InChI=1S/C17H28N4O6/c1-9(2)14-16(25)20-11(17(26)27)6-4-5-7-18-13(23)8-12(15(24)21-14)19-10(3)22/h9,11-12,14H,4-8H2,1-3H3,(H,18,23)(H,19,22)(H,20,25)(H,21,24)(H,26,27)/t11-,12-,14-/m0/s1. The van der Waals surface area contributed by atoms with Crippen LogP contribution in [0.3, 0.4) is 0 Å². The molecule has 10 heteroatoms. The topological polar surface area (TPSA) is 154 Å². The molecule has 0 radical (unpaired) electrons. The number of hydrogen-bond acceptors (Lipinski definition) is 5. The third-order valence-corrected chi connectivity index (χ3v) is 4.19. The lowest BCUT2D eigenvalue weighted by atomic mass is 10.0.